The Kier molecular flexibility index (Phi) is 10.7. The zero-order valence-corrected chi connectivity index (χ0v) is 17.3. The summed E-state index contributed by atoms with van der Waals surface area (Å²) in [6, 6.07) is 8.17. The summed E-state index contributed by atoms with van der Waals surface area (Å²) in [5.74, 6) is 1.76. The van der Waals surface area contributed by atoms with Gasteiger partial charge in [0, 0.05) is 38.6 Å². The lowest BCUT2D eigenvalue weighted by molar-refractivity contribution is 0.414. The standard InChI is InChI=1S/C18H27N5O.HI/c1-3-20-18(21-10-4-13-23-14-12-19-15-23)22-11-9-16-5-7-17(24-2)8-6-16;/h5-8,12,14-15H,3-4,9-11,13H2,1-2H3,(H2,20,21,22);1H. The van der Waals surface area contributed by atoms with Crippen molar-refractivity contribution >= 4 is 29.9 Å². The fourth-order valence-corrected chi connectivity index (χ4v) is 2.32. The molecule has 1 heterocycles. The van der Waals surface area contributed by atoms with Gasteiger partial charge in [0.1, 0.15) is 5.75 Å². The van der Waals surface area contributed by atoms with E-state index in [1.54, 1.807) is 13.3 Å². The number of halogens is 1. The number of nitrogens with zero attached hydrogens (tertiary/aromatic N) is 3. The Hall–Kier alpha value is -1.77. The monoisotopic (exact) mass is 457 g/mol. The zero-order chi connectivity index (χ0) is 17.0. The number of ether oxygens (including phenoxy) is 1. The van der Waals surface area contributed by atoms with Gasteiger partial charge in [-0.25, -0.2) is 4.98 Å². The van der Waals surface area contributed by atoms with Crippen molar-refractivity contribution in [2.45, 2.75) is 26.3 Å². The molecule has 0 atom stereocenters. The molecule has 2 N–H and O–H groups in total. The lowest BCUT2D eigenvalue weighted by Gasteiger charge is -2.11. The normalized spacial score (nSPS) is 10.9. The van der Waals surface area contributed by atoms with Crippen LogP contribution in [0.3, 0.4) is 0 Å². The van der Waals surface area contributed by atoms with Crippen molar-refractivity contribution in [1.29, 1.82) is 0 Å². The highest BCUT2D eigenvalue weighted by Gasteiger charge is 1.99. The lowest BCUT2D eigenvalue weighted by Crippen LogP contribution is -2.38. The van der Waals surface area contributed by atoms with E-state index in [9.17, 15) is 0 Å². The van der Waals surface area contributed by atoms with Crippen LogP contribution in [0.4, 0.5) is 0 Å². The van der Waals surface area contributed by atoms with Gasteiger partial charge in [-0.2, -0.15) is 0 Å². The van der Waals surface area contributed by atoms with Crippen molar-refractivity contribution < 1.29 is 4.74 Å². The predicted molar refractivity (Wildman–Crippen MR) is 113 cm³/mol. The molecule has 1 aromatic heterocycles. The Morgan fingerprint density at radius 1 is 1.24 bits per heavy atom. The van der Waals surface area contributed by atoms with Gasteiger partial charge < -0.3 is 19.9 Å². The molecule has 0 aliphatic heterocycles. The third-order valence-electron chi connectivity index (χ3n) is 3.61. The molecule has 0 saturated heterocycles. The average Bonchev–Trinajstić information content (AvgIpc) is 3.12. The van der Waals surface area contributed by atoms with Gasteiger partial charge in [0.25, 0.3) is 0 Å². The summed E-state index contributed by atoms with van der Waals surface area (Å²) < 4.78 is 7.24. The summed E-state index contributed by atoms with van der Waals surface area (Å²) in [5.41, 5.74) is 1.28. The minimum atomic E-state index is 0. The van der Waals surface area contributed by atoms with Gasteiger partial charge in [-0.3, -0.25) is 4.99 Å². The molecule has 0 unspecified atom stereocenters. The molecule has 0 aliphatic rings. The number of benzene rings is 1. The SMILES string of the molecule is CCNC(=NCCCn1ccnc1)NCCc1ccc(OC)cc1.I. The van der Waals surface area contributed by atoms with Crippen molar-refractivity contribution in [3.8, 4) is 5.75 Å². The number of rotatable bonds is 9. The van der Waals surface area contributed by atoms with Gasteiger partial charge >= 0.3 is 0 Å². The van der Waals surface area contributed by atoms with Crippen LogP contribution in [0, 0.1) is 0 Å². The maximum Gasteiger partial charge on any atom is 0.191 e. The van der Waals surface area contributed by atoms with Crippen LogP contribution in [0.1, 0.15) is 18.9 Å². The summed E-state index contributed by atoms with van der Waals surface area (Å²) >= 11 is 0. The van der Waals surface area contributed by atoms with Crippen molar-refractivity contribution in [2.75, 3.05) is 26.7 Å². The summed E-state index contributed by atoms with van der Waals surface area (Å²) in [6.45, 7) is 5.51. The van der Waals surface area contributed by atoms with Crippen molar-refractivity contribution in [1.82, 2.24) is 20.2 Å². The van der Waals surface area contributed by atoms with E-state index < -0.39 is 0 Å². The summed E-state index contributed by atoms with van der Waals surface area (Å²) in [7, 11) is 1.68. The first-order chi connectivity index (χ1) is 11.8. The summed E-state index contributed by atoms with van der Waals surface area (Å²) in [6.07, 6.45) is 7.55. The maximum atomic E-state index is 5.18. The number of hydrogen-bond donors (Lipinski definition) is 2. The van der Waals surface area contributed by atoms with Gasteiger partial charge in [-0.15, -0.1) is 24.0 Å². The van der Waals surface area contributed by atoms with E-state index in [0.29, 0.717) is 0 Å². The highest BCUT2D eigenvalue weighted by molar-refractivity contribution is 14.0. The van der Waals surface area contributed by atoms with Crippen LogP contribution in [0.5, 0.6) is 5.75 Å². The molecule has 0 saturated carbocycles. The molecular weight excluding hydrogens is 429 g/mol. The van der Waals surface area contributed by atoms with E-state index in [1.807, 2.05) is 24.7 Å². The molecule has 0 fully saturated rings. The average molecular weight is 457 g/mol. The summed E-state index contributed by atoms with van der Waals surface area (Å²) in [4.78, 5) is 8.65. The fourth-order valence-electron chi connectivity index (χ4n) is 2.32. The Labute approximate surface area is 167 Å². The molecule has 0 amide bonds. The molecule has 0 radical (unpaired) electrons. The summed E-state index contributed by atoms with van der Waals surface area (Å²) in [5, 5.41) is 6.66. The largest absolute Gasteiger partial charge is 0.497 e. The van der Waals surface area contributed by atoms with Crippen LogP contribution in [0.15, 0.2) is 48.0 Å². The molecular formula is C18H28IN5O. The fraction of sp³-hybridized carbons (Fsp3) is 0.444. The second-order valence-electron chi connectivity index (χ2n) is 5.44. The van der Waals surface area contributed by atoms with Crippen molar-refractivity contribution in [2.24, 2.45) is 4.99 Å². The van der Waals surface area contributed by atoms with Crippen LogP contribution in [-0.4, -0.2) is 42.3 Å². The molecule has 6 nitrogen and oxygen atoms in total. The molecule has 1 aromatic carbocycles. The van der Waals surface area contributed by atoms with Gasteiger partial charge in [-0.1, -0.05) is 12.1 Å². The third kappa shape index (κ3) is 8.24. The second kappa shape index (κ2) is 12.6. The lowest BCUT2D eigenvalue weighted by atomic mass is 10.1. The molecule has 138 valence electrons. The Balaban J connectivity index is 0.00000312. The van der Waals surface area contributed by atoms with Crippen LogP contribution < -0.4 is 15.4 Å². The van der Waals surface area contributed by atoms with Crippen molar-refractivity contribution in [3.63, 3.8) is 0 Å². The number of guanidine groups is 1. The number of aliphatic imine (C=N–C) groups is 1. The Morgan fingerprint density at radius 2 is 2.04 bits per heavy atom. The molecule has 0 aliphatic carbocycles. The molecule has 25 heavy (non-hydrogen) atoms. The van der Waals surface area contributed by atoms with E-state index in [4.69, 9.17) is 4.74 Å². The highest BCUT2D eigenvalue weighted by atomic mass is 127. The predicted octanol–water partition coefficient (Wildman–Crippen LogP) is 2.70. The highest BCUT2D eigenvalue weighted by Crippen LogP contribution is 2.11. The van der Waals surface area contributed by atoms with Gasteiger partial charge in [0.15, 0.2) is 5.96 Å². The molecule has 0 spiro atoms. The minimum absolute atomic E-state index is 0. The maximum absolute atomic E-state index is 5.18. The first-order valence-electron chi connectivity index (χ1n) is 8.42. The Bertz CT molecular complexity index is 598. The number of imidazole rings is 1. The van der Waals surface area contributed by atoms with E-state index in [1.165, 1.54) is 5.56 Å². The Morgan fingerprint density at radius 3 is 2.68 bits per heavy atom. The van der Waals surface area contributed by atoms with Gasteiger partial charge in [0.2, 0.25) is 0 Å². The van der Waals surface area contributed by atoms with Crippen molar-refractivity contribution in [3.05, 3.63) is 48.5 Å². The molecule has 7 heteroatoms. The molecule has 0 bridgehead atoms. The number of aromatic nitrogens is 2. The van der Waals surface area contributed by atoms with Crippen LogP contribution in [0.25, 0.3) is 0 Å². The first kappa shape index (κ1) is 21.3. The van der Waals surface area contributed by atoms with Crippen LogP contribution in [-0.2, 0) is 13.0 Å². The zero-order valence-electron chi connectivity index (χ0n) is 14.9. The van der Waals surface area contributed by atoms with E-state index >= 15 is 0 Å². The van der Waals surface area contributed by atoms with E-state index in [2.05, 4.69) is 44.2 Å². The van der Waals surface area contributed by atoms with E-state index in [-0.39, 0.29) is 24.0 Å². The van der Waals surface area contributed by atoms with Crippen LogP contribution >= 0.6 is 24.0 Å². The second-order valence-corrected chi connectivity index (χ2v) is 5.44. The number of hydrogen-bond acceptors (Lipinski definition) is 3. The van der Waals surface area contributed by atoms with Gasteiger partial charge in [0.05, 0.1) is 13.4 Å². The quantitative estimate of drug-likeness (QED) is 0.263. The number of aryl methyl sites for hydroxylation is 1. The topological polar surface area (TPSA) is 63.5 Å². The smallest absolute Gasteiger partial charge is 0.191 e. The molecule has 2 aromatic rings. The number of methoxy groups -OCH3 is 1. The van der Waals surface area contributed by atoms with E-state index in [0.717, 1.165) is 50.7 Å². The first-order valence-corrected chi connectivity index (χ1v) is 8.42. The van der Waals surface area contributed by atoms with Gasteiger partial charge in [-0.05, 0) is 37.5 Å². The number of nitrogens with one attached hydrogen (secondary N) is 2. The minimum Gasteiger partial charge on any atom is -0.497 e. The molecule has 2 rings (SSSR count). The van der Waals surface area contributed by atoms with Crippen LogP contribution in [0.2, 0.25) is 0 Å². The third-order valence-corrected chi connectivity index (χ3v) is 3.61.